The number of aryl methyl sites for hydroxylation is 2. The summed E-state index contributed by atoms with van der Waals surface area (Å²) in [5, 5.41) is 1.64. The SMILES string of the molecule is Cc1nc(COc2ccc(Cl)cc2[C@@H](C)N)sc1C. The number of benzene rings is 1. The third-order valence-electron chi connectivity index (χ3n) is 2.89. The molecule has 19 heavy (non-hydrogen) atoms. The van der Waals surface area contributed by atoms with Crippen LogP contribution >= 0.6 is 22.9 Å². The van der Waals surface area contributed by atoms with Crippen molar-refractivity contribution in [3.8, 4) is 5.75 Å². The Hall–Kier alpha value is -1.10. The summed E-state index contributed by atoms with van der Waals surface area (Å²) in [4.78, 5) is 5.68. The number of halogens is 1. The lowest BCUT2D eigenvalue weighted by Crippen LogP contribution is -2.08. The van der Waals surface area contributed by atoms with Crippen LogP contribution in [0.3, 0.4) is 0 Å². The first-order chi connectivity index (χ1) is 8.97. The quantitative estimate of drug-likeness (QED) is 0.927. The van der Waals surface area contributed by atoms with Gasteiger partial charge >= 0.3 is 0 Å². The van der Waals surface area contributed by atoms with Crippen LogP contribution < -0.4 is 10.5 Å². The van der Waals surface area contributed by atoms with Crippen molar-refractivity contribution >= 4 is 22.9 Å². The van der Waals surface area contributed by atoms with Gasteiger partial charge in [0.2, 0.25) is 0 Å². The van der Waals surface area contributed by atoms with Gasteiger partial charge in [-0.1, -0.05) is 11.6 Å². The van der Waals surface area contributed by atoms with E-state index in [1.54, 1.807) is 17.4 Å². The molecule has 0 unspecified atom stereocenters. The second-order valence-electron chi connectivity index (χ2n) is 4.51. The van der Waals surface area contributed by atoms with Crippen LogP contribution in [0, 0.1) is 13.8 Å². The fourth-order valence-corrected chi connectivity index (χ4v) is 2.77. The molecule has 0 saturated heterocycles. The third kappa shape index (κ3) is 3.47. The van der Waals surface area contributed by atoms with Crippen molar-refractivity contribution in [3.63, 3.8) is 0 Å². The molecule has 2 aromatic rings. The standard InChI is InChI=1S/C14H17ClN2OS/c1-8(16)12-6-11(15)4-5-13(12)18-7-14-17-9(2)10(3)19-14/h4-6,8H,7,16H2,1-3H3/t8-/m1/s1. The average molecular weight is 297 g/mol. The van der Waals surface area contributed by atoms with Gasteiger partial charge in [-0.15, -0.1) is 11.3 Å². The van der Waals surface area contributed by atoms with Crippen LogP contribution in [0.2, 0.25) is 5.02 Å². The summed E-state index contributed by atoms with van der Waals surface area (Å²) < 4.78 is 5.82. The van der Waals surface area contributed by atoms with Gasteiger partial charge in [0.05, 0.1) is 5.69 Å². The van der Waals surface area contributed by atoms with Gasteiger partial charge < -0.3 is 10.5 Å². The molecule has 0 aliphatic carbocycles. The Morgan fingerprint density at radius 2 is 2.16 bits per heavy atom. The number of rotatable bonds is 4. The van der Waals surface area contributed by atoms with Crippen LogP contribution in [0.25, 0.3) is 0 Å². The van der Waals surface area contributed by atoms with E-state index >= 15 is 0 Å². The molecule has 0 fully saturated rings. The van der Waals surface area contributed by atoms with Crippen molar-refractivity contribution in [2.75, 3.05) is 0 Å². The maximum absolute atomic E-state index is 5.98. The maximum Gasteiger partial charge on any atom is 0.140 e. The Bertz CT molecular complexity index is 561. The van der Waals surface area contributed by atoms with E-state index < -0.39 is 0 Å². The zero-order valence-electron chi connectivity index (χ0n) is 11.2. The molecule has 1 heterocycles. The molecule has 1 aromatic carbocycles. The summed E-state index contributed by atoms with van der Waals surface area (Å²) in [6, 6.07) is 5.39. The summed E-state index contributed by atoms with van der Waals surface area (Å²) in [7, 11) is 0. The van der Waals surface area contributed by atoms with Crippen LogP contribution in [0.4, 0.5) is 0 Å². The van der Waals surface area contributed by atoms with Gasteiger partial charge in [0.1, 0.15) is 17.4 Å². The highest BCUT2D eigenvalue weighted by molar-refractivity contribution is 7.11. The topological polar surface area (TPSA) is 48.1 Å². The molecule has 0 aliphatic rings. The highest BCUT2D eigenvalue weighted by Crippen LogP contribution is 2.28. The highest BCUT2D eigenvalue weighted by Gasteiger charge is 2.10. The first-order valence-corrected chi connectivity index (χ1v) is 7.27. The van der Waals surface area contributed by atoms with E-state index in [9.17, 15) is 0 Å². The largest absolute Gasteiger partial charge is 0.486 e. The van der Waals surface area contributed by atoms with Crippen molar-refractivity contribution in [3.05, 3.63) is 44.4 Å². The van der Waals surface area contributed by atoms with Crippen molar-refractivity contribution < 1.29 is 4.74 Å². The molecule has 0 saturated carbocycles. The fraction of sp³-hybridized carbons (Fsp3) is 0.357. The van der Waals surface area contributed by atoms with Crippen LogP contribution in [-0.4, -0.2) is 4.98 Å². The average Bonchev–Trinajstić information content (AvgIpc) is 2.67. The molecule has 2 N–H and O–H groups in total. The van der Waals surface area contributed by atoms with Crippen molar-refractivity contribution in [1.29, 1.82) is 0 Å². The van der Waals surface area contributed by atoms with Gasteiger partial charge in [-0.05, 0) is 39.0 Å². The number of nitrogens with two attached hydrogens (primary N) is 1. The van der Waals surface area contributed by atoms with E-state index in [0.717, 1.165) is 22.0 Å². The first kappa shape index (κ1) is 14.3. The van der Waals surface area contributed by atoms with E-state index in [-0.39, 0.29) is 6.04 Å². The van der Waals surface area contributed by atoms with Gasteiger partial charge in [-0.3, -0.25) is 0 Å². The molecule has 0 amide bonds. The molecule has 3 nitrogen and oxygen atoms in total. The summed E-state index contributed by atoms with van der Waals surface area (Å²) in [5.41, 5.74) is 7.91. The smallest absolute Gasteiger partial charge is 0.140 e. The number of ether oxygens (including phenoxy) is 1. The van der Waals surface area contributed by atoms with Crippen molar-refractivity contribution in [2.24, 2.45) is 5.73 Å². The number of hydrogen-bond acceptors (Lipinski definition) is 4. The molecule has 0 bridgehead atoms. The highest BCUT2D eigenvalue weighted by atomic mass is 35.5. The minimum absolute atomic E-state index is 0.117. The normalized spacial score (nSPS) is 12.5. The van der Waals surface area contributed by atoms with Crippen LogP contribution in [-0.2, 0) is 6.61 Å². The van der Waals surface area contributed by atoms with E-state index in [1.807, 2.05) is 26.0 Å². The number of nitrogens with zero attached hydrogens (tertiary/aromatic N) is 1. The molecule has 5 heteroatoms. The van der Waals surface area contributed by atoms with Gasteiger partial charge in [0.25, 0.3) is 0 Å². The molecule has 0 aliphatic heterocycles. The minimum Gasteiger partial charge on any atom is -0.486 e. The first-order valence-electron chi connectivity index (χ1n) is 6.08. The zero-order valence-corrected chi connectivity index (χ0v) is 12.8. The van der Waals surface area contributed by atoms with Crippen LogP contribution in [0.1, 0.15) is 34.1 Å². The van der Waals surface area contributed by atoms with Gasteiger partial charge in [-0.25, -0.2) is 4.98 Å². The lowest BCUT2D eigenvalue weighted by Gasteiger charge is -2.13. The third-order valence-corrected chi connectivity index (χ3v) is 4.17. The minimum atomic E-state index is -0.117. The summed E-state index contributed by atoms with van der Waals surface area (Å²) >= 11 is 7.64. The number of hydrogen-bond donors (Lipinski definition) is 1. The molecule has 2 rings (SSSR count). The van der Waals surface area contributed by atoms with Crippen LogP contribution in [0.5, 0.6) is 5.75 Å². The Kier molecular flexibility index (Phi) is 4.45. The van der Waals surface area contributed by atoms with Crippen LogP contribution in [0.15, 0.2) is 18.2 Å². The Morgan fingerprint density at radius 1 is 1.42 bits per heavy atom. The molecule has 102 valence electrons. The summed E-state index contributed by atoms with van der Waals surface area (Å²) in [5.74, 6) is 0.768. The lowest BCUT2D eigenvalue weighted by molar-refractivity contribution is 0.300. The van der Waals surface area contributed by atoms with Gasteiger partial charge in [0.15, 0.2) is 0 Å². The molecule has 0 spiro atoms. The van der Waals surface area contributed by atoms with Gasteiger partial charge in [0, 0.05) is 21.5 Å². The van der Waals surface area contributed by atoms with E-state index in [0.29, 0.717) is 11.6 Å². The Morgan fingerprint density at radius 3 is 2.74 bits per heavy atom. The van der Waals surface area contributed by atoms with Crippen molar-refractivity contribution in [1.82, 2.24) is 4.98 Å². The predicted octanol–water partition coefficient (Wildman–Crippen LogP) is 4.01. The van der Waals surface area contributed by atoms with E-state index in [1.165, 1.54) is 4.88 Å². The molecule has 1 aromatic heterocycles. The lowest BCUT2D eigenvalue weighted by atomic mass is 10.1. The van der Waals surface area contributed by atoms with E-state index in [2.05, 4.69) is 11.9 Å². The maximum atomic E-state index is 5.98. The zero-order chi connectivity index (χ0) is 14.0. The summed E-state index contributed by atoms with van der Waals surface area (Å²) in [6.45, 7) is 6.44. The van der Waals surface area contributed by atoms with E-state index in [4.69, 9.17) is 22.1 Å². The monoisotopic (exact) mass is 296 g/mol. The number of aromatic nitrogens is 1. The molecular weight excluding hydrogens is 280 g/mol. The predicted molar refractivity (Wildman–Crippen MR) is 80.0 cm³/mol. The second kappa shape index (κ2) is 5.90. The summed E-state index contributed by atoms with van der Waals surface area (Å²) in [6.07, 6.45) is 0. The van der Waals surface area contributed by atoms with Crippen molar-refractivity contribution in [2.45, 2.75) is 33.4 Å². The molecule has 0 radical (unpaired) electrons. The second-order valence-corrected chi connectivity index (χ2v) is 6.23. The number of thiazole rings is 1. The molecule has 1 atom stereocenters. The molecular formula is C14H17ClN2OS. The Balaban J connectivity index is 2.15. The van der Waals surface area contributed by atoms with Gasteiger partial charge in [-0.2, -0.15) is 0 Å². The Labute approximate surface area is 122 Å². The fourth-order valence-electron chi connectivity index (χ4n) is 1.75.